The average Bonchev–Trinajstić information content (AvgIpc) is 2.70. The van der Waals surface area contributed by atoms with E-state index in [0.717, 1.165) is 5.56 Å². The second-order valence-corrected chi connectivity index (χ2v) is 6.04. The summed E-state index contributed by atoms with van der Waals surface area (Å²) in [6.45, 7) is 1.88. The number of hydrogen-bond acceptors (Lipinski definition) is 3. The molecule has 0 saturated carbocycles. The number of methoxy groups -OCH3 is 1. The highest BCUT2D eigenvalue weighted by Gasteiger charge is 2.12. The lowest BCUT2D eigenvalue weighted by molar-refractivity contribution is 0.101. The van der Waals surface area contributed by atoms with E-state index in [0.29, 0.717) is 28.3 Å². The van der Waals surface area contributed by atoms with Crippen molar-refractivity contribution in [1.29, 1.82) is 0 Å². The molecular formula is C22H20N2O3. The van der Waals surface area contributed by atoms with Gasteiger partial charge in [0.15, 0.2) is 0 Å². The molecule has 0 radical (unpaired) electrons. The molecule has 2 amide bonds. The van der Waals surface area contributed by atoms with E-state index in [-0.39, 0.29) is 11.8 Å². The third kappa shape index (κ3) is 4.52. The van der Waals surface area contributed by atoms with Gasteiger partial charge in [-0.1, -0.05) is 30.3 Å². The first-order valence-corrected chi connectivity index (χ1v) is 8.49. The van der Waals surface area contributed by atoms with Crippen LogP contribution in [0.1, 0.15) is 26.3 Å². The number of nitrogens with one attached hydrogen (secondary N) is 2. The number of anilines is 2. The highest BCUT2D eigenvalue weighted by atomic mass is 16.5. The summed E-state index contributed by atoms with van der Waals surface area (Å²) < 4.78 is 5.16. The number of hydrogen-bond donors (Lipinski definition) is 2. The van der Waals surface area contributed by atoms with Gasteiger partial charge in [0.25, 0.3) is 11.8 Å². The van der Waals surface area contributed by atoms with Crippen LogP contribution < -0.4 is 15.4 Å². The van der Waals surface area contributed by atoms with Crippen molar-refractivity contribution in [3.05, 3.63) is 89.5 Å². The van der Waals surface area contributed by atoms with Crippen LogP contribution in [0.5, 0.6) is 5.75 Å². The molecule has 0 aliphatic heterocycles. The van der Waals surface area contributed by atoms with Crippen LogP contribution in [-0.4, -0.2) is 18.9 Å². The molecule has 0 unspecified atom stereocenters. The van der Waals surface area contributed by atoms with E-state index in [9.17, 15) is 9.59 Å². The molecule has 0 spiro atoms. The molecule has 0 saturated heterocycles. The monoisotopic (exact) mass is 360 g/mol. The summed E-state index contributed by atoms with van der Waals surface area (Å²) in [6, 6.07) is 21.3. The Morgan fingerprint density at radius 1 is 0.778 bits per heavy atom. The topological polar surface area (TPSA) is 67.4 Å². The zero-order chi connectivity index (χ0) is 19.2. The van der Waals surface area contributed by atoms with E-state index < -0.39 is 0 Å². The highest BCUT2D eigenvalue weighted by Crippen LogP contribution is 2.21. The van der Waals surface area contributed by atoms with E-state index in [2.05, 4.69) is 10.6 Å². The lowest BCUT2D eigenvalue weighted by atomic mass is 10.1. The van der Waals surface area contributed by atoms with Gasteiger partial charge in [-0.3, -0.25) is 9.59 Å². The third-order valence-electron chi connectivity index (χ3n) is 4.11. The van der Waals surface area contributed by atoms with Gasteiger partial charge in [-0.25, -0.2) is 0 Å². The van der Waals surface area contributed by atoms with E-state index >= 15 is 0 Å². The van der Waals surface area contributed by atoms with Crippen molar-refractivity contribution in [1.82, 2.24) is 0 Å². The van der Waals surface area contributed by atoms with Crippen LogP contribution in [0.3, 0.4) is 0 Å². The molecule has 3 aromatic rings. The van der Waals surface area contributed by atoms with Crippen molar-refractivity contribution >= 4 is 23.2 Å². The number of aryl methyl sites for hydroxylation is 1. The molecule has 0 aliphatic carbocycles. The molecule has 27 heavy (non-hydrogen) atoms. The zero-order valence-electron chi connectivity index (χ0n) is 15.2. The predicted molar refractivity (Wildman–Crippen MR) is 107 cm³/mol. The molecule has 2 N–H and O–H groups in total. The summed E-state index contributed by atoms with van der Waals surface area (Å²) in [5, 5.41) is 5.70. The number of ether oxygens (including phenoxy) is 1. The van der Waals surface area contributed by atoms with Gasteiger partial charge >= 0.3 is 0 Å². The standard InChI is InChI=1S/C22H20N2O3/c1-15-11-12-17(22(26)23-18-9-6-10-19(14-18)27-2)13-20(15)24-21(25)16-7-4-3-5-8-16/h3-14H,1-2H3,(H,23,26)(H,24,25). The maximum atomic E-state index is 12.6. The van der Waals surface area contributed by atoms with Gasteiger partial charge < -0.3 is 15.4 Å². The second kappa shape index (κ2) is 8.19. The normalized spacial score (nSPS) is 10.1. The van der Waals surface area contributed by atoms with Crippen molar-refractivity contribution < 1.29 is 14.3 Å². The fourth-order valence-electron chi connectivity index (χ4n) is 2.59. The Hall–Kier alpha value is -3.60. The largest absolute Gasteiger partial charge is 0.497 e. The van der Waals surface area contributed by atoms with Gasteiger partial charge in [0.2, 0.25) is 0 Å². The molecule has 0 aromatic heterocycles. The van der Waals surface area contributed by atoms with Crippen LogP contribution in [0.25, 0.3) is 0 Å². The summed E-state index contributed by atoms with van der Waals surface area (Å²) in [7, 11) is 1.57. The molecule has 0 heterocycles. The van der Waals surface area contributed by atoms with Crippen LogP contribution >= 0.6 is 0 Å². The van der Waals surface area contributed by atoms with Gasteiger partial charge in [-0.15, -0.1) is 0 Å². The lowest BCUT2D eigenvalue weighted by Gasteiger charge is -2.11. The van der Waals surface area contributed by atoms with Crippen LogP contribution in [0, 0.1) is 6.92 Å². The number of benzene rings is 3. The maximum Gasteiger partial charge on any atom is 0.255 e. The van der Waals surface area contributed by atoms with Crippen LogP contribution in [-0.2, 0) is 0 Å². The molecule has 3 aromatic carbocycles. The van der Waals surface area contributed by atoms with Crippen molar-refractivity contribution in [2.45, 2.75) is 6.92 Å². The quantitative estimate of drug-likeness (QED) is 0.703. The van der Waals surface area contributed by atoms with E-state index in [4.69, 9.17) is 4.74 Å². The molecule has 0 aliphatic rings. The highest BCUT2D eigenvalue weighted by molar-refractivity contribution is 6.07. The Kier molecular flexibility index (Phi) is 5.52. The summed E-state index contributed by atoms with van der Waals surface area (Å²) in [5.74, 6) is 0.176. The smallest absolute Gasteiger partial charge is 0.255 e. The van der Waals surface area contributed by atoms with Crippen LogP contribution in [0.15, 0.2) is 72.8 Å². The minimum atomic E-state index is -0.265. The molecule has 0 bridgehead atoms. The minimum absolute atomic E-state index is 0.218. The van der Waals surface area contributed by atoms with E-state index in [1.165, 1.54) is 0 Å². The first kappa shape index (κ1) is 18.2. The van der Waals surface area contributed by atoms with Crippen LogP contribution in [0.4, 0.5) is 11.4 Å². The molecule has 0 fully saturated rings. The Morgan fingerprint density at radius 3 is 2.26 bits per heavy atom. The van der Waals surface area contributed by atoms with Gasteiger partial charge in [-0.05, 0) is 48.9 Å². The van der Waals surface area contributed by atoms with Gasteiger partial charge in [0.05, 0.1) is 7.11 Å². The molecule has 5 heteroatoms. The lowest BCUT2D eigenvalue weighted by Crippen LogP contribution is -2.15. The molecular weight excluding hydrogens is 340 g/mol. The Balaban J connectivity index is 1.78. The fraction of sp³-hybridized carbons (Fsp3) is 0.0909. The van der Waals surface area contributed by atoms with Crippen molar-refractivity contribution in [3.63, 3.8) is 0 Å². The molecule has 0 atom stereocenters. The Morgan fingerprint density at radius 2 is 1.52 bits per heavy atom. The maximum absolute atomic E-state index is 12.6. The SMILES string of the molecule is COc1cccc(NC(=O)c2ccc(C)c(NC(=O)c3ccccc3)c2)c1. The van der Waals surface area contributed by atoms with Crippen molar-refractivity contribution in [2.75, 3.05) is 17.7 Å². The Labute approximate surface area is 158 Å². The zero-order valence-corrected chi connectivity index (χ0v) is 15.2. The van der Waals surface area contributed by atoms with E-state index in [1.54, 1.807) is 73.8 Å². The van der Waals surface area contributed by atoms with Crippen molar-refractivity contribution in [3.8, 4) is 5.75 Å². The summed E-state index contributed by atoms with van der Waals surface area (Å²) >= 11 is 0. The van der Waals surface area contributed by atoms with E-state index in [1.807, 2.05) is 13.0 Å². The number of carbonyl (C=O) groups is 2. The van der Waals surface area contributed by atoms with Crippen molar-refractivity contribution in [2.24, 2.45) is 0 Å². The average molecular weight is 360 g/mol. The number of carbonyl (C=O) groups excluding carboxylic acids is 2. The Bertz CT molecular complexity index is 968. The second-order valence-electron chi connectivity index (χ2n) is 6.04. The van der Waals surface area contributed by atoms with Gasteiger partial charge in [0, 0.05) is 28.6 Å². The fourth-order valence-corrected chi connectivity index (χ4v) is 2.59. The predicted octanol–water partition coefficient (Wildman–Crippen LogP) is 4.51. The summed E-state index contributed by atoms with van der Waals surface area (Å²) in [6.07, 6.45) is 0. The number of amides is 2. The summed E-state index contributed by atoms with van der Waals surface area (Å²) in [4.78, 5) is 25.0. The van der Waals surface area contributed by atoms with Gasteiger partial charge in [-0.2, -0.15) is 0 Å². The first-order valence-electron chi connectivity index (χ1n) is 8.49. The molecule has 5 nitrogen and oxygen atoms in total. The minimum Gasteiger partial charge on any atom is -0.497 e. The van der Waals surface area contributed by atoms with Crippen LogP contribution in [0.2, 0.25) is 0 Å². The molecule has 136 valence electrons. The van der Waals surface area contributed by atoms with Gasteiger partial charge in [0.1, 0.15) is 5.75 Å². The number of rotatable bonds is 5. The first-order chi connectivity index (χ1) is 13.1. The summed E-state index contributed by atoms with van der Waals surface area (Å²) in [5.41, 5.74) is 3.11. The molecule has 3 rings (SSSR count). The third-order valence-corrected chi connectivity index (χ3v) is 4.11.